The molecule has 4 heteroatoms. The number of benzene rings is 2. The first-order valence-electron chi connectivity index (χ1n) is 7.20. The van der Waals surface area contributed by atoms with Gasteiger partial charge in [0, 0.05) is 21.5 Å². The minimum Gasteiger partial charge on any atom is -0.488 e. The Morgan fingerprint density at radius 1 is 1.27 bits per heavy atom. The SMILES string of the molecule is CC1C(C#N)C12c1ccc(Br)cc1COc1cc(F)ccc12. The van der Waals surface area contributed by atoms with E-state index in [1.807, 2.05) is 12.1 Å². The van der Waals surface area contributed by atoms with Crippen LogP contribution in [-0.2, 0) is 12.0 Å². The molecule has 0 N–H and O–H groups in total. The number of halogens is 2. The summed E-state index contributed by atoms with van der Waals surface area (Å²) in [4.78, 5) is 0. The molecule has 4 rings (SSSR count). The molecule has 110 valence electrons. The molecule has 3 atom stereocenters. The second kappa shape index (κ2) is 4.57. The standard InChI is InChI=1S/C18H13BrFNO/c1-10-16(8-21)18(10)14-4-2-12(19)6-11(14)9-22-17-7-13(20)3-5-15(17)18/h2-7,10,16H,9H2,1H3. The molecule has 3 unspecified atom stereocenters. The molecule has 2 aliphatic rings. The highest BCUT2D eigenvalue weighted by Gasteiger charge is 2.66. The molecule has 1 saturated carbocycles. The first-order chi connectivity index (χ1) is 10.6. The summed E-state index contributed by atoms with van der Waals surface area (Å²) in [5.41, 5.74) is 2.72. The van der Waals surface area contributed by atoms with Gasteiger partial charge >= 0.3 is 0 Å². The van der Waals surface area contributed by atoms with Crippen LogP contribution in [0.2, 0.25) is 0 Å². The van der Waals surface area contributed by atoms with E-state index in [1.54, 1.807) is 6.07 Å². The van der Waals surface area contributed by atoms with Crippen molar-refractivity contribution in [2.75, 3.05) is 0 Å². The van der Waals surface area contributed by atoms with Gasteiger partial charge in [0.15, 0.2) is 0 Å². The van der Waals surface area contributed by atoms with E-state index in [0.29, 0.717) is 12.4 Å². The first kappa shape index (κ1) is 13.8. The molecule has 1 spiro atoms. The fourth-order valence-corrected chi connectivity index (χ4v) is 4.35. The van der Waals surface area contributed by atoms with Gasteiger partial charge in [-0.1, -0.05) is 35.0 Å². The van der Waals surface area contributed by atoms with E-state index in [-0.39, 0.29) is 23.1 Å². The minimum absolute atomic E-state index is 0.113. The van der Waals surface area contributed by atoms with Gasteiger partial charge in [-0.25, -0.2) is 4.39 Å². The molecule has 0 bridgehead atoms. The predicted molar refractivity (Wildman–Crippen MR) is 83.9 cm³/mol. The highest BCUT2D eigenvalue weighted by Crippen LogP contribution is 2.66. The van der Waals surface area contributed by atoms with Crippen molar-refractivity contribution in [3.8, 4) is 11.8 Å². The number of rotatable bonds is 0. The second-order valence-corrected chi connectivity index (χ2v) is 6.91. The van der Waals surface area contributed by atoms with Gasteiger partial charge in [0.05, 0.1) is 12.0 Å². The van der Waals surface area contributed by atoms with Crippen molar-refractivity contribution in [1.82, 2.24) is 0 Å². The van der Waals surface area contributed by atoms with Crippen LogP contribution in [0, 0.1) is 29.0 Å². The smallest absolute Gasteiger partial charge is 0.126 e. The van der Waals surface area contributed by atoms with Crippen LogP contribution in [0.25, 0.3) is 0 Å². The molecule has 1 heterocycles. The van der Waals surface area contributed by atoms with Crippen LogP contribution in [0.3, 0.4) is 0 Å². The molecule has 0 radical (unpaired) electrons. The Kier molecular flexibility index (Phi) is 2.86. The Balaban J connectivity index is 2.03. The van der Waals surface area contributed by atoms with Gasteiger partial charge in [0.2, 0.25) is 0 Å². The molecule has 1 aliphatic carbocycles. The zero-order valence-electron chi connectivity index (χ0n) is 11.9. The molecule has 2 aromatic carbocycles. The molecule has 0 saturated heterocycles. The fraction of sp³-hybridized carbons (Fsp3) is 0.278. The fourth-order valence-electron chi connectivity index (χ4n) is 3.94. The Hall–Kier alpha value is -1.86. The van der Waals surface area contributed by atoms with E-state index in [9.17, 15) is 9.65 Å². The largest absolute Gasteiger partial charge is 0.488 e. The van der Waals surface area contributed by atoms with Crippen LogP contribution in [0.15, 0.2) is 40.9 Å². The van der Waals surface area contributed by atoms with Crippen molar-refractivity contribution in [3.63, 3.8) is 0 Å². The van der Waals surface area contributed by atoms with Gasteiger partial charge in [-0.15, -0.1) is 0 Å². The van der Waals surface area contributed by atoms with Gasteiger partial charge in [-0.3, -0.25) is 0 Å². The van der Waals surface area contributed by atoms with Crippen molar-refractivity contribution < 1.29 is 9.13 Å². The summed E-state index contributed by atoms with van der Waals surface area (Å²) in [6, 6.07) is 13.2. The maximum Gasteiger partial charge on any atom is 0.126 e. The Bertz CT molecular complexity index is 773. The predicted octanol–water partition coefficient (Wildman–Crippen LogP) is 4.56. The molecule has 1 aliphatic heterocycles. The van der Waals surface area contributed by atoms with E-state index >= 15 is 0 Å². The quantitative estimate of drug-likeness (QED) is 0.692. The van der Waals surface area contributed by atoms with Crippen LogP contribution in [0.4, 0.5) is 4.39 Å². The highest BCUT2D eigenvalue weighted by atomic mass is 79.9. The summed E-state index contributed by atoms with van der Waals surface area (Å²) in [6.45, 7) is 2.47. The number of hydrogen-bond donors (Lipinski definition) is 0. The van der Waals surface area contributed by atoms with E-state index in [4.69, 9.17) is 4.74 Å². The monoisotopic (exact) mass is 357 g/mol. The Morgan fingerprint density at radius 3 is 2.77 bits per heavy atom. The van der Waals surface area contributed by atoms with Crippen molar-refractivity contribution >= 4 is 15.9 Å². The van der Waals surface area contributed by atoms with Gasteiger partial charge < -0.3 is 4.74 Å². The number of nitriles is 1. The van der Waals surface area contributed by atoms with Crippen LogP contribution in [-0.4, -0.2) is 0 Å². The van der Waals surface area contributed by atoms with Crippen molar-refractivity contribution in [2.24, 2.45) is 11.8 Å². The van der Waals surface area contributed by atoms with Crippen molar-refractivity contribution in [2.45, 2.75) is 18.9 Å². The highest BCUT2D eigenvalue weighted by molar-refractivity contribution is 9.10. The van der Waals surface area contributed by atoms with Crippen molar-refractivity contribution in [3.05, 3.63) is 63.4 Å². The Labute approximate surface area is 136 Å². The summed E-state index contributed by atoms with van der Waals surface area (Å²) in [6.07, 6.45) is 0. The average molecular weight is 358 g/mol. The first-order valence-corrected chi connectivity index (χ1v) is 7.99. The lowest BCUT2D eigenvalue weighted by Crippen LogP contribution is -2.14. The van der Waals surface area contributed by atoms with Crippen LogP contribution in [0.1, 0.15) is 23.6 Å². The van der Waals surface area contributed by atoms with E-state index in [1.165, 1.54) is 12.1 Å². The minimum atomic E-state index is -0.385. The lowest BCUT2D eigenvalue weighted by atomic mass is 9.82. The Morgan fingerprint density at radius 2 is 2.05 bits per heavy atom. The molecule has 2 nitrogen and oxygen atoms in total. The summed E-state index contributed by atoms with van der Waals surface area (Å²) in [5, 5.41) is 9.57. The molecule has 2 aromatic rings. The summed E-state index contributed by atoms with van der Waals surface area (Å²) >= 11 is 3.49. The molecular weight excluding hydrogens is 345 g/mol. The number of nitrogens with zero attached hydrogens (tertiary/aromatic N) is 1. The van der Waals surface area contributed by atoms with Crippen LogP contribution >= 0.6 is 15.9 Å². The van der Waals surface area contributed by atoms with E-state index in [0.717, 1.165) is 21.2 Å². The van der Waals surface area contributed by atoms with E-state index in [2.05, 4.69) is 35.0 Å². The maximum absolute atomic E-state index is 13.6. The molecule has 0 amide bonds. The maximum atomic E-state index is 13.6. The number of ether oxygens (including phenoxy) is 1. The second-order valence-electron chi connectivity index (χ2n) is 6.00. The summed E-state index contributed by atoms with van der Waals surface area (Å²) in [5.74, 6) is 0.307. The molecule has 1 fully saturated rings. The van der Waals surface area contributed by atoms with E-state index < -0.39 is 0 Å². The zero-order valence-corrected chi connectivity index (χ0v) is 13.5. The third-order valence-electron chi connectivity index (χ3n) is 5.02. The van der Waals surface area contributed by atoms with Gasteiger partial charge in [0.25, 0.3) is 0 Å². The molecule has 0 aromatic heterocycles. The van der Waals surface area contributed by atoms with Gasteiger partial charge in [-0.05, 0) is 35.2 Å². The normalized spacial score (nSPS) is 28.1. The van der Waals surface area contributed by atoms with Crippen molar-refractivity contribution in [1.29, 1.82) is 5.26 Å². The molecule has 22 heavy (non-hydrogen) atoms. The third-order valence-corrected chi connectivity index (χ3v) is 5.52. The number of hydrogen-bond acceptors (Lipinski definition) is 2. The topological polar surface area (TPSA) is 33.0 Å². The summed E-state index contributed by atoms with van der Waals surface area (Å²) < 4.78 is 20.4. The van der Waals surface area contributed by atoms with Crippen LogP contribution in [0.5, 0.6) is 5.75 Å². The summed E-state index contributed by atoms with van der Waals surface area (Å²) in [7, 11) is 0. The third kappa shape index (κ3) is 1.63. The lowest BCUT2D eigenvalue weighted by Gasteiger charge is -2.19. The average Bonchev–Trinajstić information content (AvgIpc) is 3.13. The number of fused-ring (bicyclic) bond motifs is 4. The van der Waals surface area contributed by atoms with Gasteiger partial charge in [0.1, 0.15) is 18.2 Å². The van der Waals surface area contributed by atoms with Gasteiger partial charge in [-0.2, -0.15) is 5.26 Å². The van der Waals surface area contributed by atoms with Crippen LogP contribution < -0.4 is 4.74 Å². The lowest BCUT2D eigenvalue weighted by molar-refractivity contribution is 0.305. The zero-order chi connectivity index (χ0) is 15.5. The molecular formula is C18H13BrFNO.